The third-order valence-corrected chi connectivity index (χ3v) is 3.30. The molecular formula is C18H26N6O4. The van der Waals surface area contributed by atoms with Gasteiger partial charge in [-0.05, 0) is 41.5 Å². The predicted molar refractivity (Wildman–Crippen MR) is 103 cm³/mol. The van der Waals surface area contributed by atoms with Crippen LogP contribution in [0, 0.1) is 5.92 Å². The fourth-order valence-electron chi connectivity index (χ4n) is 2.30. The van der Waals surface area contributed by atoms with Crippen LogP contribution < -0.4 is 11.5 Å². The predicted octanol–water partition coefficient (Wildman–Crippen LogP) is 1.43. The Morgan fingerprint density at radius 2 is 1.50 bits per heavy atom. The summed E-state index contributed by atoms with van der Waals surface area (Å²) >= 11 is 0. The third kappa shape index (κ3) is 5.73. The van der Waals surface area contributed by atoms with Gasteiger partial charge in [-0.25, -0.2) is 9.97 Å². The van der Waals surface area contributed by atoms with E-state index in [1.165, 1.54) is 6.20 Å². The van der Waals surface area contributed by atoms with Crippen LogP contribution in [0.1, 0.15) is 47.2 Å². The van der Waals surface area contributed by atoms with E-state index in [1.807, 2.05) is 0 Å². The Kier molecular flexibility index (Phi) is 5.72. The molecule has 0 fully saturated rings. The summed E-state index contributed by atoms with van der Waals surface area (Å²) in [4.78, 5) is 41.5. The van der Waals surface area contributed by atoms with Crippen LogP contribution in [0.25, 0.3) is 11.2 Å². The minimum absolute atomic E-state index is 0.0209. The second-order valence-corrected chi connectivity index (χ2v) is 8.32. The molecule has 0 bridgehead atoms. The molecule has 0 aliphatic heterocycles. The fourth-order valence-corrected chi connectivity index (χ4v) is 2.30. The van der Waals surface area contributed by atoms with Crippen molar-refractivity contribution in [2.24, 2.45) is 5.92 Å². The largest absolute Gasteiger partial charge is 0.459 e. The lowest BCUT2D eigenvalue weighted by Crippen LogP contribution is -2.38. The maximum atomic E-state index is 12.6. The van der Waals surface area contributed by atoms with E-state index >= 15 is 0 Å². The van der Waals surface area contributed by atoms with Gasteiger partial charge in [-0.2, -0.15) is 9.97 Å². The third-order valence-electron chi connectivity index (χ3n) is 3.30. The number of carbonyl (C=O) groups is 2. The Morgan fingerprint density at radius 1 is 0.964 bits per heavy atom. The smallest absolute Gasteiger partial charge is 0.321 e. The fraction of sp³-hybridized carbons (Fsp3) is 0.556. The Labute approximate surface area is 163 Å². The van der Waals surface area contributed by atoms with Crippen molar-refractivity contribution in [1.29, 1.82) is 0 Å². The second kappa shape index (κ2) is 7.53. The average Bonchev–Trinajstić information content (AvgIpc) is 2.49. The first kappa shape index (κ1) is 21.3. The summed E-state index contributed by atoms with van der Waals surface area (Å²) in [7, 11) is 0. The summed E-state index contributed by atoms with van der Waals surface area (Å²) in [6.45, 7) is 10.3. The van der Waals surface area contributed by atoms with E-state index < -0.39 is 29.1 Å². The van der Waals surface area contributed by atoms with Crippen LogP contribution in [0.2, 0.25) is 0 Å². The van der Waals surface area contributed by atoms with Gasteiger partial charge in [0.05, 0.1) is 11.9 Å². The zero-order chi connectivity index (χ0) is 21.3. The number of ether oxygens (including phenoxy) is 2. The van der Waals surface area contributed by atoms with Crippen LogP contribution in [0.3, 0.4) is 0 Å². The Bertz CT molecular complexity index is 873. The molecule has 0 aliphatic rings. The van der Waals surface area contributed by atoms with Gasteiger partial charge in [-0.3, -0.25) is 9.59 Å². The van der Waals surface area contributed by atoms with Gasteiger partial charge in [0, 0.05) is 6.42 Å². The molecule has 0 amide bonds. The van der Waals surface area contributed by atoms with E-state index in [2.05, 4.69) is 19.9 Å². The molecule has 4 N–H and O–H groups in total. The highest BCUT2D eigenvalue weighted by atomic mass is 16.6. The number of rotatable bonds is 4. The highest BCUT2D eigenvalue weighted by molar-refractivity contribution is 5.95. The van der Waals surface area contributed by atoms with E-state index in [0.29, 0.717) is 5.69 Å². The highest BCUT2D eigenvalue weighted by Crippen LogP contribution is 2.21. The average molecular weight is 390 g/mol. The molecule has 0 spiro atoms. The van der Waals surface area contributed by atoms with Gasteiger partial charge in [0.2, 0.25) is 5.95 Å². The van der Waals surface area contributed by atoms with Crippen LogP contribution in [0.5, 0.6) is 0 Å². The zero-order valence-corrected chi connectivity index (χ0v) is 16.9. The normalized spacial score (nSPS) is 12.2. The van der Waals surface area contributed by atoms with Gasteiger partial charge in [-0.15, -0.1) is 0 Å². The Balaban J connectivity index is 2.37. The number of nitrogens with zero attached hydrogens (tertiary/aromatic N) is 4. The molecule has 2 aromatic rings. The summed E-state index contributed by atoms with van der Waals surface area (Å²) in [5.41, 5.74) is 10.6. The molecule has 0 aromatic carbocycles. The minimum atomic E-state index is -1.21. The maximum Gasteiger partial charge on any atom is 0.321 e. The van der Waals surface area contributed by atoms with E-state index in [4.69, 9.17) is 20.9 Å². The topological polar surface area (TPSA) is 156 Å². The number of nitrogens with two attached hydrogens (primary N) is 2. The standard InChI is InChI=1S/C18H26N6O4/c1-17(2,3)27-14(25)10(15(26)28-18(4,5)6)7-9-8-21-13-11(22-9)12(19)23-16(20)24-13/h8,10H,7H2,1-6H3,(H4,19,20,21,23,24). The molecule has 152 valence electrons. The first-order valence-electron chi connectivity index (χ1n) is 8.75. The molecule has 2 rings (SSSR count). The van der Waals surface area contributed by atoms with E-state index in [0.717, 1.165) is 0 Å². The number of anilines is 2. The molecule has 0 aliphatic carbocycles. The first-order chi connectivity index (χ1) is 12.7. The molecular weight excluding hydrogens is 364 g/mol. The zero-order valence-electron chi connectivity index (χ0n) is 16.9. The number of aromatic nitrogens is 4. The van der Waals surface area contributed by atoms with Gasteiger partial charge in [0.25, 0.3) is 0 Å². The van der Waals surface area contributed by atoms with Crippen LogP contribution in [-0.4, -0.2) is 43.1 Å². The number of esters is 2. The number of carbonyl (C=O) groups excluding carboxylic acids is 2. The number of nitrogen functional groups attached to an aromatic ring is 2. The Hall–Kier alpha value is -3.04. The maximum absolute atomic E-state index is 12.6. The quantitative estimate of drug-likeness (QED) is 0.578. The second-order valence-electron chi connectivity index (χ2n) is 8.32. The van der Waals surface area contributed by atoms with Crippen molar-refractivity contribution in [3.63, 3.8) is 0 Å². The Morgan fingerprint density at radius 3 is 2.00 bits per heavy atom. The van der Waals surface area contributed by atoms with Crippen LogP contribution in [0.4, 0.5) is 11.8 Å². The molecule has 2 aromatic heterocycles. The van der Waals surface area contributed by atoms with E-state index in [-0.39, 0.29) is 29.4 Å². The summed E-state index contributed by atoms with van der Waals surface area (Å²) in [5.74, 6) is -2.58. The van der Waals surface area contributed by atoms with Gasteiger partial charge >= 0.3 is 11.9 Å². The molecule has 2 heterocycles. The molecule has 0 unspecified atom stereocenters. The summed E-state index contributed by atoms with van der Waals surface area (Å²) in [6.07, 6.45) is 1.33. The minimum Gasteiger partial charge on any atom is -0.459 e. The van der Waals surface area contributed by atoms with Crippen LogP contribution >= 0.6 is 0 Å². The van der Waals surface area contributed by atoms with Gasteiger partial charge < -0.3 is 20.9 Å². The lowest BCUT2D eigenvalue weighted by atomic mass is 10.0. The molecule has 10 nitrogen and oxygen atoms in total. The number of hydrogen-bond donors (Lipinski definition) is 2. The van der Waals surface area contributed by atoms with Crippen molar-refractivity contribution in [3.8, 4) is 0 Å². The summed E-state index contributed by atoms with van der Waals surface area (Å²) in [5, 5.41) is 0. The van der Waals surface area contributed by atoms with Crippen molar-refractivity contribution in [2.75, 3.05) is 11.5 Å². The van der Waals surface area contributed by atoms with Crippen molar-refractivity contribution >= 4 is 34.9 Å². The molecule has 0 saturated heterocycles. The lowest BCUT2D eigenvalue weighted by Gasteiger charge is -2.26. The van der Waals surface area contributed by atoms with Crippen molar-refractivity contribution < 1.29 is 19.1 Å². The molecule has 0 atom stereocenters. The van der Waals surface area contributed by atoms with Gasteiger partial charge in [0.1, 0.15) is 11.2 Å². The molecule has 0 radical (unpaired) electrons. The summed E-state index contributed by atoms with van der Waals surface area (Å²) < 4.78 is 10.8. The lowest BCUT2D eigenvalue weighted by molar-refractivity contribution is -0.174. The van der Waals surface area contributed by atoms with Crippen molar-refractivity contribution in [2.45, 2.75) is 59.2 Å². The summed E-state index contributed by atoms with van der Waals surface area (Å²) in [6, 6.07) is 0. The van der Waals surface area contributed by atoms with Crippen LogP contribution in [0.15, 0.2) is 6.20 Å². The van der Waals surface area contributed by atoms with Crippen LogP contribution in [-0.2, 0) is 25.5 Å². The number of fused-ring (bicyclic) bond motifs is 1. The van der Waals surface area contributed by atoms with Crippen molar-refractivity contribution in [1.82, 2.24) is 19.9 Å². The monoisotopic (exact) mass is 390 g/mol. The van der Waals surface area contributed by atoms with E-state index in [9.17, 15) is 9.59 Å². The highest BCUT2D eigenvalue weighted by Gasteiger charge is 2.35. The SMILES string of the molecule is CC(C)(C)OC(=O)C(Cc1cnc2nc(N)nc(N)c2n1)C(=O)OC(C)(C)C. The number of hydrogen-bond acceptors (Lipinski definition) is 10. The molecule has 10 heteroatoms. The van der Waals surface area contributed by atoms with Crippen molar-refractivity contribution in [3.05, 3.63) is 11.9 Å². The first-order valence-corrected chi connectivity index (χ1v) is 8.75. The van der Waals surface area contributed by atoms with Gasteiger partial charge in [0.15, 0.2) is 22.9 Å². The molecule has 28 heavy (non-hydrogen) atoms. The van der Waals surface area contributed by atoms with E-state index in [1.54, 1.807) is 41.5 Å². The molecule has 0 saturated carbocycles. The van der Waals surface area contributed by atoms with Gasteiger partial charge in [-0.1, -0.05) is 0 Å².